The standard InChI is InChI=1S/C19H32N2O/c1-3-5-6-7-18(22)21-20-17(4-2)19-11-14-8-15(12-19)10-16(9-14)13-19/h14-16H,3-13H2,1-2H3,(H,21,22). The van der Waals surface area contributed by atoms with Crippen LogP contribution in [0.15, 0.2) is 5.10 Å². The van der Waals surface area contributed by atoms with E-state index in [0.29, 0.717) is 11.8 Å². The molecule has 0 aromatic carbocycles. The van der Waals surface area contributed by atoms with E-state index in [4.69, 9.17) is 0 Å². The third-order valence-electron chi connectivity index (χ3n) is 6.31. The predicted molar refractivity (Wildman–Crippen MR) is 90.6 cm³/mol. The minimum Gasteiger partial charge on any atom is -0.273 e. The van der Waals surface area contributed by atoms with Gasteiger partial charge in [-0.2, -0.15) is 5.10 Å². The topological polar surface area (TPSA) is 41.5 Å². The summed E-state index contributed by atoms with van der Waals surface area (Å²) < 4.78 is 0. The summed E-state index contributed by atoms with van der Waals surface area (Å²) in [6.07, 6.45) is 13.2. The average Bonchev–Trinajstić information content (AvgIpc) is 2.46. The van der Waals surface area contributed by atoms with E-state index in [-0.39, 0.29) is 5.91 Å². The van der Waals surface area contributed by atoms with Crippen LogP contribution in [0.1, 0.15) is 84.5 Å². The van der Waals surface area contributed by atoms with Gasteiger partial charge in [0.05, 0.1) is 0 Å². The van der Waals surface area contributed by atoms with Crippen molar-refractivity contribution >= 4 is 11.6 Å². The quantitative estimate of drug-likeness (QED) is 0.414. The zero-order chi connectivity index (χ0) is 15.6. The first-order chi connectivity index (χ1) is 10.6. The highest BCUT2D eigenvalue weighted by molar-refractivity contribution is 5.91. The molecule has 4 fully saturated rings. The number of hydrazone groups is 1. The maximum atomic E-state index is 11.9. The highest BCUT2D eigenvalue weighted by atomic mass is 16.2. The average molecular weight is 304 g/mol. The van der Waals surface area contributed by atoms with Crippen LogP contribution in [-0.2, 0) is 4.79 Å². The van der Waals surface area contributed by atoms with Crippen LogP contribution in [-0.4, -0.2) is 11.6 Å². The predicted octanol–water partition coefficient (Wildman–Crippen LogP) is 4.67. The summed E-state index contributed by atoms with van der Waals surface area (Å²) in [4.78, 5) is 11.9. The lowest BCUT2D eigenvalue weighted by atomic mass is 9.48. The van der Waals surface area contributed by atoms with Gasteiger partial charge in [-0.05, 0) is 69.1 Å². The molecule has 3 nitrogen and oxygen atoms in total. The van der Waals surface area contributed by atoms with Gasteiger partial charge in [0.1, 0.15) is 0 Å². The summed E-state index contributed by atoms with van der Waals surface area (Å²) in [7, 11) is 0. The molecule has 0 aromatic rings. The zero-order valence-corrected chi connectivity index (χ0v) is 14.4. The van der Waals surface area contributed by atoms with Crippen LogP contribution in [0.4, 0.5) is 0 Å². The second kappa shape index (κ2) is 6.72. The fourth-order valence-corrected chi connectivity index (χ4v) is 5.76. The van der Waals surface area contributed by atoms with Crippen molar-refractivity contribution in [2.45, 2.75) is 84.5 Å². The van der Waals surface area contributed by atoms with E-state index in [1.54, 1.807) is 0 Å². The van der Waals surface area contributed by atoms with Crippen LogP contribution in [0.25, 0.3) is 0 Å². The molecule has 0 atom stereocenters. The zero-order valence-electron chi connectivity index (χ0n) is 14.4. The van der Waals surface area contributed by atoms with E-state index in [2.05, 4.69) is 24.4 Å². The highest BCUT2D eigenvalue weighted by Gasteiger charge is 2.52. The first kappa shape index (κ1) is 16.0. The third kappa shape index (κ3) is 3.23. The van der Waals surface area contributed by atoms with Gasteiger partial charge >= 0.3 is 0 Å². The summed E-state index contributed by atoms with van der Waals surface area (Å²) in [5.74, 6) is 2.90. The first-order valence-corrected chi connectivity index (χ1v) is 9.51. The Bertz CT molecular complexity index is 405. The summed E-state index contributed by atoms with van der Waals surface area (Å²) in [6.45, 7) is 4.37. The van der Waals surface area contributed by atoms with Gasteiger partial charge < -0.3 is 0 Å². The number of nitrogens with one attached hydrogen (secondary N) is 1. The van der Waals surface area contributed by atoms with E-state index in [1.165, 1.54) is 44.2 Å². The molecule has 0 aliphatic heterocycles. The molecule has 4 saturated carbocycles. The largest absolute Gasteiger partial charge is 0.273 e. The van der Waals surface area contributed by atoms with Crippen LogP contribution in [0.3, 0.4) is 0 Å². The Hall–Kier alpha value is -0.860. The molecule has 0 aromatic heterocycles. The first-order valence-electron chi connectivity index (χ1n) is 9.51. The second-order valence-electron chi connectivity index (χ2n) is 8.10. The van der Waals surface area contributed by atoms with Crippen LogP contribution < -0.4 is 5.43 Å². The molecule has 3 heteroatoms. The highest BCUT2D eigenvalue weighted by Crippen LogP contribution is 2.60. The Balaban J connectivity index is 1.63. The Labute approximate surface area is 135 Å². The molecule has 4 bridgehead atoms. The number of hydrogen-bond acceptors (Lipinski definition) is 2. The van der Waals surface area contributed by atoms with E-state index in [9.17, 15) is 4.79 Å². The smallest absolute Gasteiger partial charge is 0.240 e. The number of amides is 1. The third-order valence-corrected chi connectivity index (χ3v) is 6.31. The molecule has 0 heterocycles. The lowest BCUT2D eigenvalue weighted by molar-refractivity contribution is -0.121. The van der Waals surface area contributed by atoms with Crippen molar-refractivity contribution in [3.63, 3.8) is 0 Å². The van der Waals surface area contributed by atoms with Crippen molar-refractivity contribution in [1.82, 2.24) is 5.43 Å². The summed E-state index contributed by atoms with van der Waals surface area (Å²) >= 11 is 0. The van der Waals surface area contributed by atoms with Crippen molar-refractivity contribution < 1.29 is 4.79 Å². The summed E-state index contributed by atoms with van der Waals surface area (Å²) in [6, 6.07) is 0. The summed E-state index contributed by atoms with van der Waals surface area (Å²) in [5, 5.41) is 4.63. The van der Waals surface area contributed by atoms with Gasteiger partial charge in [-0.1, -0.05) is 26.7 Å². The lowest BCUT2D eigenvalue weighted by Crippen LogP contribution is -2.50. The Morgan fingerprint density at radius 1 is 1.05 bits per heavy atom. The van der Waals surface area contributed by atoms with Gasteiger partial charge in [0.15, 0.2) is 0 Å². The van der Waals surface area contributed by atoms with Crippen molar-refractivity contribution in [3.05, 3.63) is 0 Å². The van der Waals surface area contributed by atoms with Crippen LogP contribution in [0, 0.1) is 23.2 Å². The number of unbranched alkanes of at least 4 members (excludes halogenated alkanes) is 2. The SMILES string of the molecule is CCCCCC(=O)NN=C(CC)C12CC3CC(CC(C3)C1)C2. The molecular formula is C19H32N2O. The number of nitrogens with zero attached hydrogens (tertiary/aromatic N) is 1. The minimum atomic E-state index is 0.101. The second-order valence-corrected chi connectivity index (χ2v) is 8.10. The molecule has 1 amide bonds. The molecule has 4 aliphatic rings. The minimum absolute atomic E-state index is 0.101. The van der Waals surface area contributed by atoms with Gasteiger partial charge in [-0.25, -0.2) is 5.43 Å². The van der Waals surface area contributed by atoms with Crippen molar-refractivity contribution in [1.29, 1.82) is 0 Å². The van der Waals surface area contributed by atoms with Gasteiger partial charge in [-0.3, -0.25) is 4.79 Å². The number of carbonyl (C=O) groups excluding carboxylic acids is 1. The fraction of sp³-hybridized carbons (Fsp3) is 0.895. The normalized spacial score (nSPS) is 36.6. The molecule has 1 N–H and O–H groups in total. The Kier molecular flexibility index (Phi) is 4.89. The maximum absolute atomic E-state index is 11.9. The van der Waals surface area contributed by atoms with Crippen LogP contribution >= 0.6 is 0 Å². The molecule has 0 spiro atoms. The van der Waals surface area contributed by atoms with Crippen molar-refractivity contribution in [3.8, 4) is 0 Å². The monoisotopic (exact) mass is 304 g/mol. The molecular weight excluding hydrogens is 272 g/mol. The lowest BCUT2D eigenvalue weighted by Gasteiger charge is -2.57. The van der Waals surface area contributed by atoms with E-state index >= 15 is 0 Å². The molecule has 4 aliphatic carbocycles. The number of hydrogen-bond donors (Lipinski definition) is 1. The maximum Gasteiger partial charge on any atom is 0.240 e. The molecule has 124 valence electrons. The van der Waals surface area contributed by atoms with Crippen molar-refractivity contribution in [2.75, 3.05) is 0 Å². The molecule has 0 saturated heterocycles. The van der Waals surface area contributed by atoms with E-state index in [1.807, 2.05) is 0 Å². The molecule has 4 rings (SSSR count). The Morgan fingerprint density at radius 3 is 2.14 bits per heavy atom. The number of rotatable bonds is 7. The van der Waals surface area contributed by atoms with Gasteiger partial charge in [0, 0.05) is 17.5 Å². The van der Waals surface area contributed by atoms with E-state index < -0.39 is 0 Å². The van der Waals surface area contributed by atoms with Crippen LogP contribution in [0.2, 0.25) is 0 Å². The molecule has 22 heavy (non-hydrogen) atoms. The van der Waals surface area contributed by atoms with Crippen LogP contribution in [0.5, 0.6) is 0 Å². The number of carbonyl (C=O) groups is 1. The summed E-state index contributed by atoms with van der Waals surface area (Å²) in [5.41, 5.74) is 4.49. The van der Waals surface area contributed by atoms with Crippen molar-refractivity contribution in [2.24, 2.45) is 28.3 Å². The van der Waals surface area contributed by atoms with Gasteiger partial charge in [-0.15, -0.1) is 0 Å². The molecule has 0 unspecified atom stereocenters. The Morgan fingerprint density at radius 2 is 1.64 bits per heavy atom. The molecule has 0 radical (unpaired) electrons. The van der Waals surface area contributed by atoms with Gasteiger partial charge in [0.2, 0.25) is 5.91 Å². The van der Waals surface area contributed by atoms with E-state index in [0.717, 1.165) is 43.4 Å². The van der Waals surface area contributed by atoms with Gasteiger partial charge in [0.25, 0.3) is 0 Å². The fourth-order valence-electron chi connectivity index (χ4n) is 5.76.